The van der Waals surface area contributed by atoms with Gasteiger partial charge < -0.3 is 43.4 Å². The normalized spacial score (nSPS) is 13.2. The van der Waals surface area contributed by atoms with Gasteiger partial charge in [-0.25, -0.2) is 4.79 Å². The van der Waals surface area contributed by atoms with Gasteiger partial charge in [0.05, 0.1) is 6.54 Å². The predicted molar refractivity (Wildman–Crippen MR) is 134 cm³/mol. The van der Waals surface area contributed by atoms with Crippen LogP contribution in [0.5, 0.6) is 5.75 Å². The average Bonchev–Trinajstić information content (AvgIpc) is 2.80. The number of aliphatic carboxylic acids is 1. The Morgan fingerprint density at radius 3 is 2.06 bits per heavy atom. The maximum absolute atomic E-state index is 13.0. The Hall–Kier alpha value is -3.87. The molecule has 36 heavy (non-hydrogen) atoms. The van der Waals surface area contributed by atoms with Crippen LogP contribution >= 0.6 is 0 Å². The van der Waals surface area contributed by atoms with Gasteiger partial charge in [0.2, 0.25) is 17.7 Å². The number of aliphatic imine (C=N–C) groups is 1. The Morgan fingerprint density at radius 2 is 1.53 bits per heavy atom. The van der Waals surface area contributed by atoms with E-state index in [2.05, 4.69) is 20.9 Å². The lowest BCUT2D eigenvalue weighted by Gasteiger charge is -2.25. The molecule has 0 saturated carbocycles. The SMILES string of the molecule is CC(C)CC(NC(=O)C(CCCN=C(N)N)NC(=O)CN)C(=O)NC(Cc1ccc(O)cc1)C(=O)O. The summed E-state index contributed by atoms with van der Waals surface area (Å²) in [5, 5.41) is 26.7. The van der Waals surface area contributed by atoms with Crippen LogP contribution in [-0.4, -0.2) is 71.1 Å². The highest BCUT2D eigenvalue weighted by atomic mass is 16.4. The topological polar surface area (TPSA) is 235 Å². The molecule has 11 N–H and O–H groups in total. The fourth-order valence-corrected chi connectivity index (χ4v) is 3.34. The lowest BCUT2D eigenvalue weighted by molar-refractivity contribution is -0.142. The van der Waals surface area contributed by atoms with Crippen molar-refractivity contribution in [3.05, 3.63) is 29.8 Å². The molecule has 0 aliphatic heterocycles. The highest BCUT2D eigenvalue weighted by molar-refractivity contribution is 5.93. The number of nitrogens with zero attached hydrogens (tertiary/aromatic N) is 1. The molecular weight excluding hydrogens is 470 g/mol. The molecule has 200 valence electrons. The van der Waals surface area contributed by atoms with E-state index < -0.39 is 41.8 Å². The minimum atomic E-state index is -1.26. The van der Waals surface area contributed by atoms with E-state index in [9.17, 15) is 29.4 Å². The van der Waals surface area contributed by atoms with Gasteiger partial charge in [-0.05, 0) is 42.9 Å². The molecule has 0 fully saturated rings. The maximum atomic E-state index is 13.0. The number of hydrogen-bond donors (Lipinski definition) is 8. The molecule has 0 aromatic heterocycles. The van der Waals surface area contributed by atoms with Crippen molar-refractivity contribution < 1.29 is 29.4 Å². The number of phenolic OH excluding ortho intramolecular Hbond substituents is 1. The molecule has 0 aliphatic carbocycles. The fraction of sp³-hybridized carbons (Fsp3) is 0.522. The third-order valence-electron chi connectivity index (χ3n) is 5.11. The number of nitrogens with two attached hydrogens (primary N) is 3. The van der Waals surface area contributed by atoms with Crippen LogP contribution in [0.3, 0.4) is 0 Å². The smallest absolute Gasteiger partial charge is 0.326 e. The lowest BCUT2D eigenvalue weighted by Crippen LogP contribution is -2.56. The van der Waals surface area contributed by atoms with E-state index in [4.69, 9.17) is 17.2 Å². The highest BCUT2D eigenvalue weighted by Crippen LogP contribution is 2.12. The third kappa shape index (κ3) is 11.5. The molecular formula is C23H37N7O6. The molecule has 1 aromatic carbocycles. The summed E-state index contributed by atoms with van der Waals surface area (Å²) in [4.78, 5) is 53.5. The zero-order valence-corrected chi connectivity index (χ0v) is 20.6. The molecule has 1 aromatic rings. The Balaban J connectivity index is 2.96. The quantitative estimate of drug-likeness (QED) is 0.0784. The maximum Gasteiger partial charge on any atom is 0.326 e. The zero-order chi connectivity index (χ0) is 27.3. The van der Waals surface area contributed by atoms with Crippen molar-refractivity contribution in [2.24, 2.45) is 28.1 Å². The number of carbonyl (C=O) groups excluding carboxylic acids is 3. The van der Waals surface area contributed by atoms with Crippen molar-refractivity contribution in [2.75, 3.05) is 13.1 Å². The van der Waals surface area contributed by atoms with E-state index in [1.54, 1.807) is 12.1 Å². The summed E-state index contributed by atoms with van der Waals surface area (Å²) in [7, 11) is 0. The molecule has 0 heterocycles. The van der Waals surface area contributed by atoms with Crippen LogP contribution < -0.4 is 33.2 Å². The molecule has 3 atom stereocenters. The van der Waals surface area contributed by atoms with Crippen LogP contribution in [0.15, 0.2) is 29.3 Å². The van der Waals surface area contributed by atoms with Crippen LogP contribution in [0.2, 0.25) is 0 Å². The van der Waals surface area contributed by atoms with Gasteiger partial charge in [0.15, 0.2) is 5.96 Å². The van der Waals surface area contributed by atoms with Gasteiger partial charge in [-0.3, -0.25) is 19.4 Å². The zero-order valence-electron chi connectivity index (χ0n) is 20.6. The monoisotopic (exact) mass is 507 g/mol. The van der Waals surface area contributed by atoms with E-state index in [1.807, 2.05) is 13.8 Å². The Bertz CT molecular complexity index is 916. The fourth-order valence-electron chi connectivity index (χ4n) is 3.34. The number of hydrogen-bond acceptors (Lipinski definition) is 7. The second-order valence-corrected chi connectivity index (χ2v) is 8.73. The summed E-state index contributed by atoms with van der Waals surface area (Å²) in [5.41, 5.74) is 16.5. The molecule has 3 amide bonds. The van der Waals surface area contributed by atoms with Gasteiger partial charge in [-0.1, -0.05) is 26.0 Å². The second-order valence-electron chi connectivity index (χ2n) is 8.73. The van der Waals surface area contributed by atoms with Gasteiger partial charge in [-0.2, -0.15) is 0 Å². The molecule has 13 nitrogen and oxygen atoms in total. The first-order chi connectivity index (χ1) is 16.9. The summed E-state index contributed by atoms with van der Waals surface area (Å²) >= 11 is 0. The van der Waals surface area contributed by atoms with Gasteiger partial charge in [-0.15, -0.1) is 0 Å². The Labute approximate surface area is 209 Å². The largest absolute Gasteiger partial charge is 0.508 e. The Kier molecular flexibility index (Phi) is 12.7. The number of guanidine groups is 1. The number of amides is 3. The van der Waals surface area contributed by atoms with Crippen LogP contribution in [-0.2, 0) is 25.6 Å². The second kappa shape index (κ2) is 15.2. The lowest BCUT2D eigenvalue weighted by atomic mass is 10.0. The van der Waals surface area contributed by atoms with Crippen molar-refractivity contribution in [3.63, 3.8) is 0 Å². The minimum absolute atomic E-state index is 0.0135. The van der Waals surface area contributed by atoms with Crippen molar-refractivity contribution >= 4 is 29.7 Å². The van der Waals surface area contributed by atoms with E-state index in [-0.39, 0.29) is 50.0 Å². The van der Waals surface area contributed by atoms with E-state index in [0.717, 1.165) is 0 Å². The Morgan fingerprint density at radius 1 is 0.944 bits per heavy atom. The molecule has 0 radical (unpaired) electrons. The van der Waals surface area contributed by atoms with Crippen molar-refractivity contribution in [2.45, 2.75) is 57.7 Å². The molecule has 13 heteroatoms. The van der Waals surface area contributed by atoms with Crippen LogP contribution in [0, 0.1) is 5.92 Å². The number of carboxylic acids is 1. The van der Waals surface area contributed by atoms with E-state index in [1.165, 1.54) is 12.1 Å². The van der Waals surface area contributed by atoms with E-state index >= 15 is 0 Å². The van der Waals surface area contributed by atoms with Crippen molar-refractivity contribution in [1.29, 1.82) is 0 Å². The molecule has 0 saturated heterocycles. The highest BCUT2D eigenvalue weighted by Gasteiger charge is 2.30. The van der Waals surface area contributed by atoms with Crippen molar-refractivity contribution in [3.8, 4) is 5.75 Å². The minimum Gasteiger partial charge on any atom is -0.508 e. The van der Waals surface area contributed by atoms with Gasteiger partial charge >= 0.3 is 5.97 Å². The standard InChI is InChI=1S/C23H37N7O6/c1-13(2)10-17(21(34)30-18(22(35)36)11-14-5-7-15(31)8-6-14)29-20(33)16(28-19(32)12-24)4-3-9-27-23(25)26/h5-8,13,16-18,31H,3-4,9-12,24H2,1-2H3,(H,28,32)(H,29,33)(H,30,34)(H,35,36)(H4,25,26,27). The van der Waals surface area contributed by atoms with Crippen LogP contribution in [0.25, 0.3) is 0 Å². The summed E-state index contributed by atoms with van der Waals surface area (Å²) in [5.74, 6) is -3.18. The third-order valence-corrected chi connectivity index (χ3v) is 5.11. The molecule has 0 spiro atoms. The number of aromatic hydroxyl groups is 1. The number of carbonyl (C=O) groups is 4. The summed E-state index contributed by atoms with van der Waals surface area (Å²) in [6.45, 7) is 3.60. The summed E-state index contributed by atoms with van der Waals surface area (Å²) < 4.78 is 0. The van der Waals surface area contributed by atoms with E-state index in [0.29, 0.717) is 12.0 Å². The molecule has 0 bridgehead atoms. The first-order valence-corrected chi connectivity index (χ1v) is 11.6. The summed E-state index contributed by atoms with van der Waals surface area (Å²) in [6, 6.07) is 2.64. The van der Waals surface area contributed by atoms with Gasteiger partial charge in [0, 0.05) is 13.0 Å². The first kappa shape index (κ1) is 30.2. The van der Waals surface area contributed by atoms with Crippen LogP contribution in [0.4, 0.5) is 0 Å². The number of nitrogens with one attached hydrogen (secondary N) is 3. The number of benzene rings is 1. The number of phenols is 1. The predicted octanol–water partition coefficient (Wildman–Crippen LogP) is -1.47. The first-order valence-electron chi connectivity index (χ1n) is 11.6. The van der Waals surface area contributed by atoms with Gasteiger partial charge in [0.25, 0.3) is 0 Å². The number of carboxylic acid groups (broad SMARTS) is 1. The van der Waals surface area contributed by atoms with Crippen LogP contribution in [0.1, 0.15) is 38.7 Å². The molecule has 1 rings (SSSR count). The molecule has 3 unspecified atom stereocenters. The molecule has 0 aliphatic rings. The number of rotatable bonds is 15. The van der Waals surface area contributed by atoms with Gasteiger partial charge in [0.1, 0.15) is 23.9 Å². The average molecular weight is 508 g/mol. The van der Waals surface area contributed by atoms with Crippen molar-refractivity contribution in [1.82, 2.24) is 16.0 Å². The summed E-state index contributed by atoms with van der Waals surface area (Å²) in [6.07, 6.45) is 0.761.